The van der Waals surface area contributed by atoms with Crippen LogP contribution in [-0.2, 0) is 0 Å². The summed E-state index contributed by atoms with van der Waals surface area (Å²) in [6, 6.07) is 22.9. The first-order chi connectivity index (χ1) is 13.5. The normalized spacial score (nSPS) is 19.4. The van der Waals surface area contributed by atoms with Crippen molar-refractivity contribution in [3.63, 3.8) is 0 Å². The summed E-state index contributed by atoms with van der Waals surface area (Å²) in [4.78, 5) is 17.2. The third-order valence-electron chi connectivity index (χ3n) is 5.15. The highest BCUT2D eigenvalue weighted by molar-refractivity contribution is 6.31. The Balaban J connectivity index is 1.83. The molecule has 28 heavy (non-hydrogen) atoms. The highest BCUT2D eigenvalue weighted by Crippen LogP contribution is 2.41. The van der Waals surface area contributed by atoms with Gasteiger partial charge in [-0.1, -0.05) is 53.0 Å². The number of aryl methyl sites for hydroxylation is 1. The lowest BCUT2D eigenvalue weighted by molar-refractivity contribution is 0.255. The van der Waals surface area contributed by atoms with E-state index in [1.165, 1.54) is 0 Å². The van der Waals surface area contributed by atoms with Gasteiger partial charge in [0.25, 0.3) is 0 Å². The summed E-state index contributed by atoms with van der Waals surface area (Å²) in [5.74, 6) is 0. The lowest BCUT2D eigenvalue weighted by atomic mass is 9.98. The molecule has 0 N–H and O–H groups in total. The van der Waals surface area contributed by atoms with Crippen LogP contribution in [0.15, 0.2) is 72.8 Å². The van der Waals surface area contributed by atoms with Gasteiger partial charge in [0.1, 0.15) is 0 Å². The molecule has 1 saturated heterocycles. The molecule has 2 amide bonds. The van der Waals surface area contributed by atoms with Gasteiger partial charge < -0.3 is 0 Å². The molecule has 0 saturated carbocycles. The van der Waals surface area contributed by atoms with E-state index in [0.29, 0.717) is 10.0 Å². The van der Waals surface area contributed by atoms with E-state index in [9.17, 15) is 4.79 Å². The number of hydrogen-bond donors (Lipinski definition) is 0. The smallest absolute Gasteiger partial charge is 0.289 e. The number of carbonyl (C=O) groups excluding carboxylic acids is 1. The van der Waals surface area contributed by atoms with Crippen molar-refractivity contribution in [3.05, 3.63) is 94.0 Å². The van der Waals surface area contributed by atoms with Crippen molar-refractivity contribution >= 4 is 40.6 Å². The molecule has 0 unspecified atom stereocenters. The second kappa shape index (κ2) is 7.50. The third kappa shape index (κ3) is 3.36. The molecule has 4 rings (SSSR count). The van der Waals surface area contributed by atoms with E-state index in [1.54, 1.807) is 0 Å². The maximum absolute atomic E-state index is 13.5. The highest BCUT2D eigenvalue weighted by atomic mass is 35.5. The monoisotopic (exact) mass is 410 g/mol. The quantitative estimate of drug-likeness (QED) is 0.461. The van der Waals surface area contributed by atoms with Gasteiger partial charge in [0.2, 0.25) is 0 Å². The molecule has 1 fully saturated rings. The number of amides is 2. The fraction of sp³-hybridized carbons (Fsp3) is 0.174. The first-order valence-corrected chi connectivity index (χ1v) is 9.91. The number of urea groups is 1. The van der Waals surface area contributed by atoms with Crippen molar-refractivity contribution in [1.29, 1.82) is 0 Å². The Hall–Kier alpha value is -2.49. The van der Waals surface area contributed by atoms with Crippen molar-refractivity contribution in [3.8, 4) is 0 Å². The summed E-state index contributed by atoms with van der Waals surface area (Å²) in [6.07, 6.45) is 0. The van der Waals surface area contributed by atoms with Crippen LogP contribution in [0, 0.1) is 6.92 Å². The lowest BCUT2D eigenvalue weighted by Gasteiger charge is -2.26. The largest absolute Gasteiger partial charge is 0.329 e. The van der Waals surface area contributed by atoms with Gasteiger partial charge in [-0.05, 0) is 67.9 Å². The number of hydrogen-bond acceptors (Lipinski definition) is 1. The minimum atomic E-state index is -0.121. The molecule has 5 heteroatoms. The fourth-order valence-corrected chi connectivity index (χ4v) is 4.12. The topological polar surface area (TPSA) is 23.6 Å². The molecule has 0 aliphatic carbocycles. The summed E-state index contributed by atoms with van der Waals surface area (Å²) in [7, 11) is 0. The number of benzene rings is 3. The SMILES string of the molecule is Cc1cccc([C@H]2[C@H](C)N(c3ccc(Cl)cc3)C(=O)N2c2ccc(Cl)cc2)c1. The molecule has 2 atom stereocenters. The van der Waals surface area contributed by atoms with Crippen molar-refractivity contribution in [2.75, 3.05) is 9.80 Å². The van der Waals surface area contributed by atoms with Gasteiger partial charge in [0, 0.05) is 21.4 Å². The Morgan fingerprint density at radius 2 is 1.32 bits per heavy atom. The zero-order valence-corrected chi connectivity index (χ0v) is 17.2. The van der Waals surface area contributed by atoms with E-state index in [4.69, 9.17) is 23.2 Å². The minimum absolute atomic E-state index is 0.0637. The van der Waals surface area contributed by atoms with E-state index in [2.05, 4.69) is 32.0 Å². The van der Waals surface area contributed by atoms with Crippen LogP contribution in [0.1, 0.15) is 24.1 Å². The number of halogens is 2. The average molecular weight is 411 g/mol. The molecule has 1 aliphatic rings. The number of rotatable bonds is 3. The Labute approximate surface area is 175 Å². The first-order valence-electron chi connectivity index (χ1n) is 9.16. The molecule has 142 valence electrons. The maximum Gasteiger partial charge on any atom is 0.329 e. The second-order valence-corrected chi connectivity index (χ2v) is 7.95. The van der Waals surface area contributed by atoms with Gasteiger partial charge in [-0.15, -0.1) is 0 Å². The van der Waals surface area contributed by atoms with Crippen LogP contribution >= 0.6 is 23.2 Å². The van der Waals surface area contributed by atoms with Crippen LogP contribution in [0.25, 0.3) is 0 Å². The third-order valence-corrected chi connectivity index (χ3v) is 5.65. The fourth-order valence-electron chi connectivity index (χ4n) is 3.87. The van der Waals surface area contributed by atoms with Crippen LogP contribution in [0.3, 0.4) is 0 Å². The second-order valence-electron chi connectivity index (χ2n) is 7.07. The molecular weight excluding hydrogens is 391 g/mol. The van der Waals surface area contributed by atoms with E-state index >= 15 is 0 Å². The average Bonchev–Trinajstić information content (AvgIpc) is 2.94. The number of carbonyl (C=O) groups is 1. The van der Waals surface area contributed by atoms with Crippen molar-refractivity contribution in [1.82, 2.24) is 0 Å². The summed E-state index contributed by atoms with van der Waals surface area (Å²) in [6.45, 7) is 4.14. The molecule has 0 radical (unpaired) electrons. The molecular formula is C23H20Cl2N2O. The Morgan fingerprint density at radius 3 is 1.86 bits per heavy atom. The molecule has 1 heterocycles. The Kier molecular flexibility index (Phi) is 5.05. The van der Waals surface area contributed by atoms with E-state index < -0.39 is 0 Å². The van der Waals surface area contributed by atoms with Gasteiger partial charge in [-0.3, -0.25) is 9.80 Å². The van der Waals surface area contributed by atoms with Crippen LogP contribution < -0.4 is 9.80 Å². The zero-order valence-electron chi connectivity index (χ0n) is 15.6. The molecule has 3 aromatic rings. The number of nitrogens with zero attached hydrogens (tertiary/aromatic N) is 2. The lowest BCUT2D eigenvalue weighted by Crippen LogP contribution is -2.33. The minimum Gasteiger partial charge on any atom is -0.289 e. The number of anilines is 2. The molecule has 0 spiro atoms. The molecule has 3 nitrogen and oxygen atoms in total. The Bertz CT molecular complexity index is 1000. The molecule has 1 aliphatic heterocycles. The first kappa shape index (κ1) is 18.9. The molecule has 3 aromatic carbocycles. The van der Waals surface area contributed by atoms with Gasteiger partial charge in [0.05, 0.1) is 12.1 Å². The molecule has 0 aromatic heterocycles. The summed E-state index contributed by atoms with van der Waals surface area (Å²) >= 11 is 12.1. The predicted octanol–water partition coefficient (Wildman–Crippen LogP) is 6.88. The van der Waals surface area contributed by atoms with Crippen LogP contribution in [0.2, 0.25) is 10.0 Å². The van der Waals surface area contributed by atoms with Crippen LogP contribution in [0.5, 0.6) is 0 Å². The predicted molar refractivity (Wildman–Crippen MR) is 117 cm³/mol. The standard InChI is InChI=1S/C23H20Cl2N2O/c1-15-4-3-5-17(14-15)22-16(2)26(20-10-6-18(24)7-11-20)23(28)27(22)21-12-8-19(25)9-13-21/h3-14,16,22H,1-2H3/t16-,22+/m0/s1. The highest BCUT2D eigenvalue weighted by Gasteiger charge is 2.45. The van der Waals surface area contributed by atoms with E-state index in [0.717, 1.165) is 22.5 Å². The summed E-state index contributed by atoms with van der Waals surface area (Å²) < 4.78 is 0. The van der Waals surface area contributed by atoms with E-state index in [1.807, 2.05) is 64.4 Å². The van der Waals surface area contributed by atoms with Crippen LogP contribution in [-0.4, -0.2) is 12.1 Å². The van der Waals surface area contributed by atoms with Crippen molar-refractivity contribution < 1.29 is 4.79 Å². The van der Waals surface area contributed by atoms with Gasteiger partial charge in [-0.2, -0.15) is 0 Å². The van der Waals surface area contributed by atoms with Gasteiger partial charge in [0.15, 0.2) is 0 Å². The van der Waals surface area contributed by atoms with E-state index in [-0.39, 0.29) is 18.1 Å². The van der Waals surface area contributed by atoms with Crippen molar-refractivity contribution in [2.45, 2.75) is 25.9 Å². The zero-order chi connectivity index (χ0) is 19.8. The summed E-state index contributed by atoms with van der Waals surface area (Å²) in [5.41, 5.74) is 3.92. The van der Waals surface area contributed by atoms with Gasteiger partial charge in [-0.25, -0.2) is 4.79 Å². The summed E-state index contributed by atoms with van der Waals surface area (Å²) in [5, 5.41) is 1.29. The Morgan fingerprint density at radius 1 is 0.786 bits per heavy atom. The van der Waals surface area contributed by atoms with Crippen LogP contribution in [0.4, 0.5) is 16.2 Å². The van der Waals surface area contributed by atoms with Crippen molar-refractivity contribution in [2.24, 2.45) is 0 Å². The maximum atomic E-state index is 13.5. The molecule has 0 bridgehead atoms. The van der Waals surface area contributed by atoms with Gasteiger partial charge >= 0.3 is 6.03 Å².